The molecule has 0 spiro atoms. The molecule has 44 heavy (non-hydrogen) atoms. The minimum Gasteiger partial charge on any atom is -0.444 e. The number of nitrogens with one attached hydrogen (secondary N) is 1. The number of carbonyl (C=O) groups is 3. The Bertz CT molecular complexity index is 773. The van der Waals surface area contributed by atoms with Crippen molar-refractivity contribution in [1.82, 2.24) is 10.2 Å². The lowest BCUT2D eigenvalue weighted by Gasteiger charge is -2.38. The summed E-state index contributed by atoms with van der Waals surface area (Å²) in [7, 11) is 0. The van der Waals surface area contributed by atoms with Crippen molar-refractivity contribution >= 4 is 18.4 Å². The van der Waals surface area contributed by atoms with E-state index >= 15 is 0 Å². The highest BCUT2D eigenvalue weighted by molar-refractivity contribution is 5.77. The molecular weight excluding hydrogens is 568 g/mol. The first-order valence-corrected chi connectivity index (χ1v) is 15.2. The van der Waals surface area contributed by atoms with Crippen LogP contribution in [0.2, 0.25) is 0 Å². The minimum atomic E-state index is -1.06. The van der Waals surface area contributed by atoms with Gasteiger partial charge in [-0.2, -0.15) is 0 Å². The molecule has 0 aromatic rings. The molecule has 0 saturated carbocycles. The summed E-state index contributed by atoms with van der Waals surface area (Å²) in [5.41, 5.74) is -1.82. The van der Waals surface area contributed by atoms with Crippen molar-refractivity contribution in [2.75, 3.05) is 26.3 Å². The van der Waals surface area contributed by atoms with Crippen LogP contribution in [0.3, 0.4) is 0 Å². The van der Waals surface area contributed by atoms with Gasteiger partial charge in [-0.15, -0.1) is 0 Å². The molecule has 0 bridgehead atoms. The highest BCUT2D eigenvalue weighted by Crippen LogP contribution is 2.26. The van der Waals surface area contributed by atoms with Crippen molar-refractivity contribution in [3.8, 4) is 0 Å². The lowest BCUT2D eigenvalue weighted by Crippen LogP contribution is -2.46. The molecule has 2 saturated heterocycles. The predicted octanol–water partition coefficient (Wildman–Crippen LogP) is 7.31. The normalized spacial score (nSPS) is 21.8. The maximum atomic E-state index is 11.9. The van der Waals surface area contributed by atoms with Crippen molar-refractivity contribution < 1.29 is 43.5 Å². The van der Waals surface area contributed by atoms with Crippen LogP contribution in [0.4, 0.5) is 14.4 Å². The highest BCUT2D eigenvalue weighted by Gasteiger charge is 2.31. The number of nitrogens with zero attached hydrogens (tertiary/aromatic N) is 1. The molecule has 1 amide bonds. The smallest absolute Gasteiger partial charge is 0.444 e. The van der Waals surface area contributed by atoms with E-state index in [1.165, 1.54) is 12.8 Å². The van der Waals surface area contributed by atoms with E-state index in [0.717, 1.165) is 44.7 Å². The van der Waals surface area contributed by atoms with Gasteiger partial charge >= 0.3 is 18.4 Å². The number of aliphatic hydroxyl groups is 2. The third-order valence-corrected chi connectivity index (χ3v) is 6.37. The fourth-order valence-electron chi connectivity index (χ4n) is 4.60. The van der Waals surface area contributed by atoms with Crippen LogP contribution in [0.25, 0.3) is 0 Å². The van der Waals surface area contributed by atoms with Crippen molar-refractivity contribution in [2.24, 2.45) is 11.8 Å². The summed E-state index contributed by atoms with van der Waals surface area (Å²) in [6.07, 6.45) is 3.90. The molecule has 264 valence electrons. The zero-order valence-corrected chi connectivity index (χ0v) is 28.1. The molecular formula is C33H68N2O9. The van der Waals surface area contributed by atoms with Crippen LogP contribution in [0.1, 0.15) is 130 Å². The van der Waals surface area contributed by atoms with Gasteiger partial charge < -0.3 is 39.4 Å². The Morgan fingerprint density at radius 1 is 0.727 bits per heavy atom. The van der Waals surface area contributed by atoms with Gasteiger partial charge in [0.05, 0.1) is 0 Å². The van der Waals surface area contributed by atoms with E-state index in [0.29, 0.717) is 18.6 Å². The molecule has 2 aliphatic heterocycles. The number of carbonyl (C=O) groups excluding carboxylic acids is 3. The number of piperidine rings is 2. The highest BCUT2D eigenvalue weighted by atomic mass is 16.8. The number of rotatable bonds is 4. The summed E-state index contributed by atoms with van der Waals surface area (Å²) < 4.78 is 19.2. The van der Waals surface area contributed by atoms with Crippen molar-refractivity contribution in [3.05, 3.63) is 0 Å². The van der Waals surface area contributed by atoms with Crippen LogP contribution in [0, 0.1) is 11.8 Å². The molecule has 2 aliphatic rings. The fraction of sp³-hybridized carbons (Fsp3) is 0.909. The summed E-state index contributed by atoms with van der Waals surface area (Å²) in [5.74, 6) is 1.30. The number of ether oxygens (including phenoxy) is 4. The maximum absolute atomic E-state index is 11.9. The second-order valence-corrected chi connectivity index (χ2v) is 14.2. The van der Waals surface area contributed by atoms with E-state index in [-0.39, 0.29) is 33.6 Å². The summed E-state index contributed by atoms with van der Waals surface area (Å²) in [4.78, 5) is 35.8. The number of hydrogen-bond donors (Lipinski definition) is 3. The van der Waals surface area contributed by atoms with Gasteiger partial charge in [-0.3, -0.25) is 0 Å². The Kier molecular flexibility index (Phi) is 22.7. The second kappa shape index (κ2) is 21.6. The van der Waals surface area contributed by atoms with E-state index in [9.17, 15) is 14.4 Å². The molecule has 4 unspecified atom stereocenters. The first-order valence-electron chi connectivity index (χ1n) is 15.2. The Labute approximate surface area is 268 Å². The van der Waals surface area contributed by atoms with E-state index in [2.05, 4.69) is 17.0 Å². The SMILES string of the molecule is C.C.CC(C)(C)OC(=O)OC(=O)OC(C)(C)C.CC1CC(CCO)CCN1.CC1CC(CCO)CCN1C(=O)OC(C)(C)C. The predicted molar refractivity (Wildman–Crippen MR) is 176 cm³/mol. The monoisotopic (exact) mass is 636 g/mol. The van der Waals surface area contributed by atoms with Gasteiger partial charge in [0.2, 0.25) is 0 Å². The average Bonchev–Trinajstić information content (AvgIpc) is 2.76. The van der Waals surface area contributed by atoms with Gasteiger partial charge in [0, 0.05) is 31.8 Å². The lowest BCUT2D eigenvalue weighted by atomic mass is 9.89. The van der Waals surface area contributed by atoms with Gasteiger partial charge in [-0.1, -0.05) is 14.9 Å². The van der Waals surface area contributed by atoms with Crippen LogP contribution in [-0.2, 0) is 18.9 Å². The molecule has 2 fully saturated rings. The van der Waals surface area contributed by atoms with Crippen molar-refractivity contribution in [2.45, 2.75) is 158 Å². The molecule has 4 atom stereocenters. The first kappa shape index (κ1) is 46.3. The second-order valence-electron chi connectivity index (χ2n) is 14.2. The van der Waals surface area contributed by atoms with Gasteiger partial charge in [0.15, 0.2) is 0 Å². The molecule has 3 N–H and O–H groups in total. The summed E-state index contributed by atoms with van der Waals surface area (Å²) in [5, 5.41) is 21.0. The molecule has 2 heterocycles. The number of hydrogen-bond acceptors (Lipinski definition) is 10. The third-order valence-electron chi connectivity index (χ3n) is 6.37. The molecule has 2 rings (SSSR count). The summed E-state index contributed by atoms with van der Waals surface area (Å²) in [6, 6.07) is 0.862. The van der Waals surface area contributed by atoms with E-state index in [1.807, 2.05) is 27.7 Å². The number of amides is 1. The zero-order chi connectivity index (χ0) is 32.7. The average molecular weight is 637 g/mol. The van der Waals surface area contributed by atoms with Crippen LogP contribution >= 0.6 is 0 Å². The van der Waals surface area contributed by atoms with Crippen LogP contribution in [-0.4, -0.2) is 88.7 Å². The van der Waals surface area contributed by atoms with Gasteiger partial charge in [-0.25, -0.2) is 14.4 Å². The number of likely N-dealkylation sites (tertiary alicyclic amines) is 1. The molecule has 0 aromatic heterocycles. The van der Waals surface area contributed by atoms with Crippen LogP contribution < -0.4 is 5.32 Å². The Balaban J connectivity index is -0.000000577. The van der Waals surface area contributed by atoms with Crippen molar-refractivity contribution in [3.63, 3.8) is 0 Å². The zero-order valence-electron chi connectivity index (χ0n) is 28.1. The fourth-order valence-corrected chi connectivity index (χ4v) is 4.60. The molecule has 11 heteroatoms. The minimum absolute atomic E-state index is 0. The molecule has 0 aliphatic carbocycles. The van der Waals surface area contributed by atoms with Crippen LogP contribution in [0.15, 0.2) is 0 Å². The quantitative estimate of drug-likeness (QED) is 0.163. The van der Waals surface area contributed by atoms with Gasteiger partial charge in [0.1, 0.15) is 16.8 Å². The number of aliphatic hydroxyl groups excluding tert-OH is 2. The topological polar surface area (TPSA) is 144 Å². The molecule has 0 aromatic carbocycles. The molecule has 0 radical (unpaired) electrons. The standard InChI is InChI=1S/C13H25NO3.C10H18O5.C8H17NO.2CH4/c1-10-9-11(6-8-15)5-7-14(10)12(16)17-13(2,3)4;1-9(2,3)14-7(11)13-8(12)15-10(4,5)6;1-7-6-8(3-5-10)2-4-9-7;;/h10-11,15H,5-9H2,1-4H3;1-6H3;7-10H,2-6H2,1H3;2*1H4. The van der Waals surface area contributed by atoms with E-state index < -0.39 is 29.1 Å². The largest absolute Gasteiger partial charge is 0.519 e. The van der Waals surface area contributed by atoms with Gasteiger partial charge in [-0.05, 0) is 133 Å². The maximum Gasteiger partial charge on any atom is 0.519 e. The molecule has 11 nitrogen and oxygen atoms in total. The van der Waals surface area contributed by atoms with E-state index in [4.69, 9.17) is 24.4 Å². The van der Waals surface area contributed by atoms with E-state index in [1.54, 1.807) is 46.4 Å². The first-order chi connectivity index (χ1) is 19.2. The summed E-state index contributed by atoms with van der Waals surface area (Å²) in [6.45, 7) is 22.4. The Morgan fingerprint density at radius 2 is 1.16 bits per heavy atom. The Morgan fingerprint density at radius 3 is 1.52 bits per heavy atom. The van der Waals surface area contributed by atoms with Crippen LogP contribution in [0.5, 0.6) is 0 Å². The third kappa shape index (κ3) is 24.2. The summed E-state index contributed by atoms with van der Waals surface area (Å²) >= 11 is 0. The van der Waals surface area contributed by atoms with Gasteiger partial charge in [0.25, 0.3) is 0 Å². The van der Waals surface area contributed by atoms with Crippen molar-refractivity contribution in [1.29, 1.82) is 0 Å². The Hall–Kier alpha value is -2.11. The lowest BCUT2D eigenvalue weighted by molar-refractivity contribution is -0.0294.